The second-order valence-corrected chi connectivity index (χ2v) is 4.39. The second-order valence-electron chi connectivity index (χ2n) is 4.39. The lowest BCUT2D eigenvalue weighted by atomic mass is 10.0. The van der Waals surface area contributed by atoms with Crippen LogP contribution in [-0.4, -0.2) is 0 Å². The Hall–Kier alpha value is -2.08. The van der Waals surface area contributed by atoms with Gasteiger partial charge < -0.3 is 0 Å². The highest BCUT2D eigenvalue weighted by atomic mass is 14.0. The Morgan fingerprint density at radius 3 is 2.42 bits per heavy atom. The van der Waals surface area contributed by atoms with Crippen molar-refractivity contribution in [2.75, 3.05) is 0 Å². The lowest BCUT2D eigenvalue weighted by molar-refractivity contribution is 1.11. The molecule has 0 heterocycles. The summed E-state index contributed by atoms with van der Waals surface area (Å²) in [6.45, 7) is 12.0. The molecule has 0 aliphatic carbocycles. The van der Waals surface area contributed by atoms with E-state index in [2.05, 4.69) is 57.4 Å². The Morgan fingerprint density at radius 2 is 1.84 bits per heavy atom. The molecule has 0 atom stereocenters. The summed E-state index contributed by atoms with van der Waals surface area (Å²) in [7, 11) is 0. The van der Waals surface area contributed by atoms with E-state index in [1.807, 2.05) is 24.3 Å². The number of allylic oxidation sites excluding steroid dienone is 8. The quantitative estimate of drug-likeness (QED) is 0.566. The molecule has 0 spiro atoms. The molecular formula is C19H22. The van der Waals surface area contributed by atoms with E-state index in [4.69, 9.17) is 0 Å². The van der Waals surface area contributed by atoms with Crippen molar-refractivity contribution in [2.45, 2.75) is 20.3 Å². The number of rotatable bonds is 6. The molecule has 0 heteroatoms. The molecule has 0 nitrogen and oxygen atoms in total. The Labute approximate surface area is 117 Å². The van der Waals surface area contributed by atoms with Crippen molar-refractivity contribution in [3.8, 4) is 0 Å². The standard InChI is InChI=1S/C19H22/c1-5-7-11-19(18-12-9-8-10-13-18)15-14-17(4)16(3)6-2/h5,7-15H,1,3,6H2,2,4H3/b11-7-,17-14+,19-15+. The van der Waals surface area contributed by atoms with Gasteiger partial charge in [-0.1, -0.05) is 86.4 Å². The third-order valence-corrected chi connectivity index (χ3v) is 3.02. The first kappa shape index (κ1) is 15.0. The van der Waals surface area contributed by atoms with E-state index < -0.39 is 0 Å². The fourth-order valence-electron chi connectivity index (χ4n) is 1.66. The highest BCUT2D eigenvalue weighted by Gasteiger charge is 1.96. The Morgan fingerprint density at radius 1 is 1.16 bits per heavy atom. The zero-order valence-electron chi connectivity index (χ0n) is 11.9. The SMILES string of the molecule is C=C\C=C/C(=C\C=C(/C)C(=C)CC)c1ccccc1. The average Bonchev–Trinajstić information content (AvgIpc) is 2.47. The molecule has 0 unspecified atom stereocenters. The maximum Gasteiger partial charge on any atom is -0.0184 e. The smallest absolute Gasteiger partial charge is 0.0184 e. The normalized spacial score (nSPS) is 12.7. The molecule has 0 aliphatic rings. The van der Waals surface area contributed by atoms with Crippen LogP contribution < -0.4 is 0 Å². The summed E-state index contributed by atoms with van der Waals surface area (Å²) in [5, 5.41) is 0. The van der Waals surface area contributed by atoms with Gasteiger partial charge in [0.2, 0.25) is 0 Å². The first-order chi connectivity index (χ1) is 9.19. The van der Waals surface area contributed by atoms with Gasteiger partial charge in [-0.2, -0.15) is 0 Å². The van der Waals surface area contributed by atoms with Crippen LogP contribution in [0.25, 0.3) is 5.57 Å². The van der Waals surface area contributed by atoms with Crippen molar-refractivity contribution < 1.29 is 0 Å². The van der Waals surface area contributed by atoms with Crippen LogP contribution in [0.3, 0.4) is 0 Å². The van der Waals surface area contributed by atoms with Gasteiger partial charge in [-0.05, 0) is 30.1 Å². The average molecular weight is 250 g/mol. The van der Waals surface area contributed by atoms with Gasteiger partial charge in [0, 0.05) is 0 Å². The second kappa shape index (κ2) is 8.10. The molecule has 0 aromatic heterocycles. The molecule has 0 amide bonds. The van der Waals surface area contributed by atoms with Crippen molar-refractivity contribution in [2.24, 2.45) is 0 Å². The van der Waals surface area contributed by atoms with E-state index in [0.29, 0.717) is 0 Å². The lowest BCUT2D eigenvalue weighted by Gasteiger charge is -2.03. The Balaban J connectivity index is 3.08. The highest BCUT2D eigenvalue weighted by Crippen LogP contribution is 2.18. The first-order valence-electron chi connectivity index (χ1n) is 6.60. The topological polar surface area (TPSA) is 0 Å². The summed E-state index contributed by atoms with van der Waals surface area (Å²) < 4.78 is 0. The van der Waals surface area contributed by atoms with E-state index in [-0.39, 0.29) is 0 Å². The third-order valence-electron chi connectivity index (χ3n) is 3.02. The maximum absolute atomic E-state index is 4.05. The zero-order chi connectivity index (χ0) is 14.1. The van der Waals surface area contributed by atoms with Crippen LogP contribution >= 0.6 is 0 Å². The third kappa shape index (κ3) is 4.97. The number of hydrogen-bond acceptors (Lipinski definition) is 0. The molecule has 0 aliphatic heterocycles. The van der Waals surface area contributed by atoms with Gasteiger partial charge in [0.25, 0.3) is 0 Å². The lowest BCUT2D eigenvalue weighted by Crippen LogP contribution is -1.82. The van der Waals surface area contributed by atoms with Crippen LogP contribution in [0.4, 0.5) is 0 Å². The summed E-state index contributed by atoms with van der Waals surface area (Å²) >= 11 is 0. The summed E-state index contributed by atoms with van der Waals surface area (Å²) in [4.78, 5) is 0. The fourth-order valence-corrected chi connectivity index (χ4v) is 1.66. The number of benzene rings is 1. The van der Waals surface area contributed by atoms with Crippen LogP contribution in [0.2, 0.25) is 0 Å². The van der Waals surface area contributed by atoms with Gasteiger partial charge in [0.15, 0.2) is 0 Å². The molecule has 19 heavy (non-hydrogen) atoms. The summed E-state index contributed by atoms with van der Waals surface area (Å²) in [6.07, 6.45) is 11.1. The minimum absolute atomic E-state index is 0.985. The van der Waals surface area contributed by atoms with Crippen LogP contribution in [-0.2, 0) is 0 Å². The van der Waals surface area contributed by atoms with Crippen molar-refractivity contribution in [3.63, 3.8) is 0 Å². The molecule has 0 saturated heterocycles. The van der Waals surface area contributed by atoms with Crippen LogP contribution in [0, 0.1) is 0 Å². The molecule has 0 fully saturated rings. The van der Waals surface area contributed by atoms with Gasteiger partial charge in [0.05, 0.1) is 0 Å². The van der Waals surface area contributed by atoms with Crippen molar-refractivity contribution >= 4 is 5.57 Å². The molecule has 1 aromatic carbocycles. The van der Waals surface area contributed by atoms with E-state index in [0.717, 1.165) is 6.42 Å². The summed E-state index contributed by atoms with van der Waals surface area (Å²) in [5.41, 5.74) is 4.77. The molecule has 0 radical (unpaired) electrons. The monoisotopic (exact) mass is 250 g/mol. The predicted octanol–water partition coefficient (Wildman–Crippen LogP) is 5.72. The minimum atomic E-state index is 0.985. The van der Waals surface area contributed by atoms with E-state index in [9.17, 15) is 0 Å². The van der Waals surface area contributed by atoms with E-state index >= 15 is 0 Å². The largest absolute Gasteiger partial charge is 0.0991 e. The van der Waals surface area contributed by atoms with Gasteiger partial charge in [-0.3, -0.25) is 0 Å². The minimum Gasteiger partial charge on any atom is -0.0991 e. The summed E-state index contributed by atoms with van der Waals surface area (Å²) in [5.74, 6) is 0. The van der Waals surface area contributed by atoms with Gasteiger partial charge in [0.1, 0.15) is 0 Å². The van der Waals surface area contributed by atoms with Crippen LogP contribution in [0.5, 0.6) is 0 Å². The molecule has 1 rings (SSSR count). The van der Waals surface area contributed by atoms with Gasteiger partial charge >= 0.3 is 0 Å². The zero-order valence-corrected chi connectivity index (χ0v) is 11.9. The molecule has 1 aromatic rings. The van der Waals surface area contributed by atoms with Crippen molar-refractivity contribution in [1.29, 1.82) is 0 Å². The number of hydrogen-bond donors (Lipinski definition) is 0. The molecule has 0 N–H and O–H groups in total. The maximum atomic E-state index is 4.05. The fraction of sp³-hybridized carbons (Fsp3) is 0.158. The van der Waals surface area contributed by atoms with E-state index in [1.54, 1.807) is 6.08 Å². The van der Waals surface area contributed by atoms with Gasteiger partial charge in [-0.25, -0.2) is 0 Å². The summed E-state index contributed by atoms with van der Waals surface area (Å²) in [6, 6.07) is 10.3. The van der Waals surface area contributed by atoms with Crippen molar-refractivity contribution in [1.82, 2.24) is 0 Å². The first-order valence-corrected chi connectivity index (χ1v) is 6.60. The Kier molecular flexibility index (Phi) is 6.38. The Bertz CT molecular complexity index is 510. The predicted molar refractivity (Wildman–Crippen MR) is 86.9 cm³/mol. The molecule has 0 saturated carbocycles. The van der Waals surface area contributed by atoms with Crippen LogP contribution in [0.1, 0.15) is 25.8 Å². The van der Waals surface area contributed by atoms with E-state index in [1.165, 1.54) is 22.3 Å². The highest BCUT2D eigenvalue weighted by molar-refractivity contribution is 5.75. The molecule has 0 bridgehead atoms. The molecular weight excluding hydrogens is 228 g/mol. The van der Waals surface area contributed by atoms with Gasteiger partial charge in [-0.15, -0.1) is 0 Å². The molecule has 98 valence electrons. The van der Waals surface area contributed by atoms with Crippen LogP contribution in [0.15, 0.2) is 85.0 Å². The van der Waals surface area contributed by atoms with Crippen molar-refractivity contribution in [3.05, 3.63) is 90.6 Å².